The van der Waals surface area contributed by atoms with Gasteiger partial charge < -0.3 is 24.2 Å². The van der Waals surface area contributed by atoms with Gasteiger partial charge in [0.05, 0.1) is 41.6 Å². The second-order valence-electron chi connectivity index (χ2n) is 19.9. The normalized spacial score (nSPS) is 31.1. The second-order valence-corrected chi connectivity index (χ2v) is 19.9. The zero-order valence-electron chi connectivity index (χ0n) is 36.2. The lowest BCUT2D eigenvalue weighted by molar-refractivity contribution is -0.141. The molecule has 1 aromatic carbocycles. The summed E-state index contributed by atoms with van der Waals surface area (Å²) in [5, 5.41) is 11.4. The van der Waals surface area contributed by atoms with E-state index in [1.54, 1.807) is 0 Å². The molecule has 9 rings (SSSR count). The van der Waals surface area contributed by atoms with Crippen LogP contribution in [0.15, 0.2) is 47.5 Å². The van der Waals surface area contributed by atoms with E-state index in [9.17, 15) is 9.90 Å². The molecule has 5 aliphatic rings. The van der Waals surface area contributed by atoms with Crippen molar-refractivity contribution in [1.82, 2.24) is 24.0 Å². The Kier molecular flexibility index (Phi) is 12.0. The van der Waals surface area contributed by atoms with Gasteiger partial charge in [-0.15, -0.1) is 0 Å². The minimum Gasteiger partial charge on any atom is -0.478 e. The molecule has 320 valence electrons. The van der Waals surface area contributed by atoms with Gasteiger partial charge in [0.25, 0.3) is 0 Å². The van der Waals surface area contributed by atoms with E-state index in [1.807, 2.05) is 23.0 Å². The van der Waals surface area contributed by atoms with Crippen molar-refractivity contribution >= 4 is 21.9 Å². The number of aliphatic hydroxyl groups excluding tert-OH is 1. The molecule has 10 nitrogen and oxygen atoms in total. The Hall–Kier alpha value is -3.31. The van der Waals surface area contributed by atoms with E-state index in [0.717, 1.165) is 115 Å². The van der Waals surface area contributed by atoms with E-state index >= 15 is 0 Å². The molecule has 4 saturated carbocycles. The SMILES string of the molecule is CN(C)CCCOc1ccc(-c2ccc3ncc4c(c3c2)n(C2CCOCC2)c(=O)n4CCCCCO[C@H]2CC[C@H]3[C@@H]4CC[C@H]5CC(O)CC[C@]5(C)[C@H]4CC[C@]23C)cn1. The molecule has 59 heavy (non-hydrogen) atoms. The Labute approximate surface area is 351 Å². The number of unbranched alkanes of at least 4 members (excludes halogenated alkanes) is 2. The van der Waals surface area contributed by atoms with Gasteiger partial charge in [0.1, 0.15) is 0 Å². The molecule has 0 radical (unpaired) electrons. The van der Waals surface area contributed by atoms with Crippen LogP contribution in [-0.4, -0.2) is 88.4 Å². The summed E-state index contributed by atoms with van der Waals surface area (Å²) in [5.74, 6) is 3.76. The maximum atomic E-state index is 14.4. The number of aliphatic hydroxyl groups is 1. The van der Waals surface area contributed by atoms with E-state index in [4.69, 9.17) is 19.2 Å². The molecule has 1 aliphatic heterocycles. The number of ether oxygens (including phenoxy) is 3. The first-order chi connectivity index (χ1) is 28.6. The average molecular weight is 808 g/mol. The molecular formula is C49H69N5O5. The second kappa shape index (κ2) is 17.2. The van der Waals surface area contributed by atoms with Crippen LogP contribution in [0.3, 0.4) is 0 Å². The van der Waals surface area contributed by atoms with E-state index in [-0.39, 0.29) is 23.3 Å². The van der Waals surface area contributed by atoms with Crippen LogP contribution in [0.25, 0.3) is 33.1 Å². The predicted molar refractivity (Wildman–Crippen MR) is 234 cm³/mol. The Balaban J connectivity index is 0.858. The highest BCUT2D eigenvalue weighted by molar-refractivity contribution is 6.04. The first-order valence-electron chi connectivity index (χ1n) is 23.3. The standard InChI is InChI=1S/C49H69N5O5/c1-48-21-17-37(55)30-35(48)11-12-38-40-13-15-44(49(40,2)22-18-41(38)48)58-25-7-5-6-24-53-43-32-50-42-14-9-33(34-10-16-45(51-31-34)59-26-8-23-52(3)4)29-39(42)46(43)54(47(53)56)36-19-27-57-28-20-36/h9-10,14,16,29,31-32,35-38,40-41,44,55H,5-8,11-13,15,17-28,30H2,1-4H3/t35-,37?,38-,40-,41-,44-,48-,49-/m0/s1. The van der Waals surface area contributed by atoms with Crippen molar-refractivity contribution < 1.29 is 19.3 Å². The van der Waals surface area contributed by atoms with Gasteiger partial charge >= 0.3 is 5.69 Å². The molecule has 0 spiro atoms. The minimum absolute atomic E-state index is 0.0631. The molecule has 10 heteroatoms. The molecule has 1 N–H and O–H groups in total. The number of benzene rings is 1. The van der Waals surface area contributed by atoms with Crippen molar-refractivity contribution in [1.29, 1.82) is 0 Å². The monoisotopic (exact) mass is 808 g/mol. The van der Waals surface area contributed by atoms with Gasteiger partial charge in [-0.05, 0) is 169 Å². The third-order valence-corrected chi connectivity index (χ3v) is 16.3. The van der Waals surface area contributed by atoms with Crippen LogP contribution >= 0.6 is 0 Å². The van der Waals surface area contributed by atoms with Gasteiger partial charge in [0.2, 0.25) is 5.88 Å². The van der Waals surface area contributed by atoms with Crippen molar-refractivity contribution in [2.45, 2.75) is 135 Å². The van der Waals surface area contributed by atoms with Gasteiger partial charge in [-0.25, -0.2) is 9.78 Å². The van der Waals surface area contributed by atoms with Crippen LogP contribution in [0.1, 0.15) is 116 Å². The Morgan fingerprint density at radius 3 is 2.47 bits per heavy atom. The summed E-state index contributed by atoms with van der Waals surface area (Å²) in [7, 11) is 4.14. The Bertz CT molecular complexity index is 2120. The number of hydrogen-bond acceptors (Lipinski definition) is 8. The third kappa shape index (κ3) is 7.89. The zero-order chi connectivity index (χ0) is 40.7. The fourth-order valence-corrected chi connectivity index (χ4v) is 13.1. The van der Waals surface area contributed by atoms with Crippen molar-refractivity contribution in [3.8, 4) is 17.0 Å². The number of aromatic nitrogens is 4. The van der Waals surface area contributed by atoms with E-state index in [1.165, 1.54) is 44.9 Å². The Morgan fingerprint density at radius 1 is 0.847 bits per heavy atom. The van der Waals surface area contributed by atoms with Crippen LogP contribution in [-0.2, 0) is 16.0 Å². The molecular weight excluding hydrogens is 739 g/mol. The number of nitrogens with zero attached hydrogens (tertiary/aromatic N) is 5. The third-order valence-electron chi connectivity index (χ3n) is 16.3. The summed E-state index contributed by atoms with van der Waals surface area (Å²) in [6, 6.07) is 10.4. The van der Waals surface area contributed by atoms with Crippen LogP contribution in [0.4, 0.5) is 0 Å². The number of aryl methyl sites for hydroxylation is 1. The lowest BCUT2D eigenvalue weighted by atomic mass is 9.45. The van der Waals surface area contributed by atoms with Crippen molar-refractivity contribution in [2.24, 2.45) is 34.5 Å². The fraction of sp³-hybridized carbons (Fsp3) is 0.694. The average Bonchev–Trinajstić information content (AvgIpc) is 3.73. The molecule has 1 saturated heterocycles. The number of fused-ring (bicyclic) bond motifs is 8. The fourth-order valence-electron chi connectivity index (χ4n) is 13.1. The molecule has 8 atom stereocenters. The highest BCUT2D eigenvalue weighted by Gasteiger charge is 2.60. The lowest BCUT2D eigenvalue weighted by Crippen LogP contribution is -2.54. The van der Waals surface area contributed by atoms with Gasteiger partial charge in [-0.1, -0.05) is 19.9 Å². The van der Waals surface area contributed by atoms with Crippen LogP contribution in [0.5, 0.6) is 5.88 Å². The van der Waals surface area contributed by atoms with Gasteiger partial charge in [-0.3, -0.25) is 14.1 Å². The van der Waals surface area contributed by atoms with Crippen molar-refractivity contribution in [3.05, 3.63) is 53.2 Å². The van der Waals surface area contributed by atoms with Crippen LogP contribution in [0.2, 0.25) is 0 Å². The highest BCUT2D eigenvalue weighted by Crippen LogP contribution is 2.66. The van der Waals surface area contributed by atoms with E-state index in [2.05, 4.69) is 66.7 Å². The topological polar surface area (TPSA) is 104 Å². The first kappa shape index (κ1) is 41.1. The molecule has 1 unspecified atom stereocenters. The molecule has 4 heterocycles. The first-order valence-corrected chi connectivity index (χ1v) is 23.3. The lowest BCUT2D eigenvalue weighted by Gasteiger charge is -2.60. The number of imidazole rings is 1. The highest BCUT2D eigenvalue weighted by atomic mass is 16.5. The maximum absolute atomic E-state index is 14.4. The summed E-state index contributed by atoms with van der Waals surface area (Å²) < 4.78 is 22.5. The van der Waals surface area contributed by atoms with Gasteiger partial charge in [0.15, 0.2) is 0 Å². The molecule has 4 aromatic rings. The number of pyridine rings is 2. The largest absolute Gasteiger partial charge is 0.478 e. The smallest absolute Gasteiger partial charge is 0.329 e. The van der Waals surface area contributed by atoms with Gasteiger partial charge in [0, 0.05) is 62.2 Å². The summed E-state index contributed by atoms with van der Waals surface area (Å²) in [5.41, 5.74) is 5.59. The summed E-state index contributed by atoms with van der Waals surface area (Å²) in [6.45, 7) is 9.55. The summed E-state index contributed by atoms with van der Waals surface area (Å²) in [4.78, 5) is 26.1. The predicted octanol–water partition coefficient (Wildman–Crippen LogP) is 9.05. The van der Waals surface area contributed by atoms with Crippen LogP contribution in [0, 0.1) is 34.5 Å². The molecule has 0 amide bonds. The van der Waals surface area contributed by atoms with E-state index < -0.39 is 0 Å². The van der Waals surface area contributed by atoms with Crippen LogP contribution < -0.4 is 10.4 Å². The van der Waals surface area contributed by atoms with Gasteiger partial charge in [-0.2, -0.15) is 0 Å². The molecule has 5 fully saturated rings. The quantitative estimate of drug-likeness (QED) is 0.126. The minimum atomic E-state index is -0.0792. The maximum Gasteiger partial charge on any atom is 0.329 e. The molecule has 4 aliphatic carbocycles. The van der Waals surface area contributed by atoms with E-state index in [0.29, 0.717) is 49.7 Å². The Morgan fingerprint density at radius 2 is 1.66 bits per heavy atom. The molecule has 3 aromatic heterocycles. The number of rotatable bonds is 14. The number of hydrogen-bond donors (Lipinski definition) is 1. The van der Waals surface area contributed by atoms with Crippen molar-refractivity contribution in [3.63, 3.8) is 0 Å². The van der Waals surface area contributed by atoms with Crippen molar-refractivity contribution in [2.75, 3.05) is 47.1 Å². The molecule has 0 bridgehead atoms. The summed E-state index contributed by atoms with van der Waals surface area (Å²) in [6.07, 6.45) is 20.6. The summed E-state index contributed by atoms with van der Waals surface area (Å²) >= 11 is 0. The zero-order valence-corrected chi connectivity index (χ0v) is 36.2.